The van der Waals surface area contributed by atoms with E-state index < -0.39 is 0 Å². The average Bonchev–Trinajstić information content (AvgIpc) is 3.31. The van der Waals surface area contributed by atoms with E-state index in [1.54, 1.807) is 16.2 Å². The lowest BCUT2D eigenvalue weighted by Crippen LogP contribution is -2.30. The van der Waals surface area contributed by atoms with Crippen LogP contribution in [0.5, 0.6) is 0 Å². The van der Waals surface area contributed by atoms with Gasteiger partial charge in [0.15, 0.2) is 0 Å². The van der Waals surface area contributed by atoms with Crippen molar-refractivity contribution in [1.29, 1.82) is 0 Å². The Bertz CT molecular complexity index is 938. The van der Waals surface area contributed by atoms with Gasteiger partial charge in [0.05, 0.1) is 30.0 Å². The van der Waals surface area contributed by atoms with Crippen molar-refractivity contribution in [2.24, 2.45) is 5.92 Å². The van der Waals surface area contributed by atoms with Crippen molar-refractivity contribution in [3.8, 4) is 11.3 Å². The average molecular weight is 379 g/mol. The first-order valence-corrected chi connectivity index (χ1v) is 9.91. The van der Waals surface area contributed by atoms with Gasteiger partial charge in [0.25, 0.3) is 0 Å². The second-order valence-corrected chi connectivity index (χ2v) is 7.81. The molecule has 1 N–H and O–H groups in total. The molecular formula is C20H21N5OS. The van der Waals surface area contributed by atoms with Crippen LogP contribution in [0, 0.1) is 5.92 Å². The number of amides is 2. The van der Waals surface area contributed by atoms with Crippen molar-refractivity contribution in [2.45, 2.75) is 33.4 Å². The van der Waals surface area contributed by atoms with Crippen LogP contribution in [0.3, 0.4) is 0 Å². The number of hydrogen-bond acceptors (Lipinski definition) is 5. The molecule has 3 aromatic rings. The number of benzene rings is 1. The lowest BCUT2D eigenvalue weighted by molar-refractivity contribution is 0.212. The van der Waals surface area contributed by atoms with E-state index in [1.165, 1.54) is 0 Å². The van der Waals surface area contributed by atoms with Gasteiger partial charge < -0.3 is 10.2 Å². The lowest BCUT2D eigenvalue weighted by atomic mass is 10.1. The van der Waals surface area contributed by atoms with Crippen LogP contribution in [0.2, 0.25) is 0 Å². The molecule has 3 heterocycles. The highest BCUT2D eigenvalue weighted by Crippen LogP contribution is 2.24. The van der Waals surface area contributed by atoms with Crippen LogP contribution in [-0.4, -0.2) is 25.9 Å². The van der Waals surface area contributed by atoms with Crippen molar-refractivity contribution in [2.75, 3.05) is 5.32 Å². The van der Waals surface area contributed by atoms with Crippen LogP contribution >= 0.6 is 11.3 Å². The Labute approximate surface area is 162 Å². The molecule has 138 valence electrons. The summed E-state index contributed by atoms with van der Waals surface area (Å²) in [5.41, 5.74) is 6.54. The molecule has 0 saturated carbocycles. The molecule has 7 heteroatoms. The zero-order chi connectivity index (χ0) is 18.8. The predicted octanol–water partition coefficient (Wildman–Crippen LogP) is 4.35. The van der Waals surface area contributed by atoms with Gasteiger partial charge >= 0.3 is 6.03 Å². The van der Waals surface area contributed by atoms with Gasteiger partial charge in [-0.15, -0.1) is 11.3 Å². The fraction of sp³-hybridized carbons (Fsp3) is 0.300. The van der Waals surface area contributed by atoms with Crippen LogP contribution in [0.15, 0.2) is 41.4 Å². The smallest absolute Gasteiger partial charge is 0.314 e. The van der Waals surface area contributed by atoms with Crippen molar-refractivity contribution in [3.05, 3.63) is 58.4 Å². The maximum absolute atomic E-state index is 12.6. The Balaban J connectivity index is 1.40. The van der Waals surface area contributed by atoms with Gasteiger partial charge in [0.2, 0.25) is 0 Å². The van der Waals surface area contributed by atoms with E-state index in [-0.39, 0.29) is 6.03 Å². The Hall–Kier alpha value is -2.80. The van der Waals surface area contributed by atoms with Crippen molar-refractivity contribution in [1.82, 2.24) is 19.9 Å². The molecule has 0 saturated heterocycles. The summed E-state index contributed by atoms with van der Waals surface area (Å²) in [6, 6.07) is 7.60. The Morgan fingerprint density at radius 2 is 2.04 bits per heavy atom. The fourth-order valence-electron chi connectivity index (χ4n) is 3.08. The number of aromatic nitrogens is 3. The molecule has 2 aromatic heterocycles. The molecule has 0 atom stereocenters. The van der Waals surface area contributed by atoms with Crippen molar-refractivity contribution in [3.63, 3.8) is 0 Å². The number of carbonyl (C=O) groups is 1. The monoisotopic (exact) mass is 379 g/mol. The third kappa shape index (κ3) is 3.98. The van der Waals surface area contributed by atoms with E-state index in [0.29, 0.717) is 19.0 Å². The van der Waals surface area contributed by atoms with Crippen molar-refractivity contribution >= 4 is 23.1 Å². The van der Waals surface area contributed by atoms with Crippen LogP contribution in [0.1, 0.15) is 30.9 Å². The molecule has 0 unspecified atom stereocenters. The van der Waals surface area contributed by atoms with Crippen molar-refractivity contribution < 1.29 is 4.79 Å². The fourth-order valence-corrected chi connectivity index (χ4v) is 3.64. The number of nitrogens with one attached hydrogen (secondary N) is 1. The standard InChI is InChI=1S/C20H21N5OS/c1-13(2)7-19-21-8-15-9-25(10-17(15)24-19)20(26)23-16-5-3-14(4-6-16)18-11-27-12-22-18/h3-6,8,11-13H,7,9-10H2,1-2H3,(H,23,26). The molecule has 27 heavy (non-hydrogen) atoms. The molecule has 0 fully saturated rings. The number of anilines is 1. The summed E-state index contributed by atoms with van der Waals surface area (Å²) in [7, 11) is 0. The summed E-state index contributed by atoms with van der Waals surface area (Å²) in [5, 5.41) is 4.96. The van der Waals surface area contributed by atoms with E-state index in [2.05, 4.69) is 34.1 Å². The Kier molecular flexibility index (Phi) is 4.85. The largest absolute Gasteiger partial charge is 0.322 e. The second-order valence-electron chi connectivity index (χ2n) is 7.09. The highest BCUT2D eigenvalue weighted by atomic mass is 32.1. The zero-order valence-electron chi connectivity index (χ0n) is 15.3. The second kappa shape index (κ2) is 7.44. The van der Waals surface area contributed by atoms with Crippen LogP contribution in [0.25, 0.3) is 11.3 Å². The molecule has 1 aromatic carbocycles. The van der Waals surface area contributed by atoms with Gasteiger partial charge in [-0.3, -0.25) is 0 Å². The number of hydrogen-bond donors (Lipinski definition) is 1. The molecule has 0 spiro atoms. The first-order valence-electron chi connectivity index (χ1n) is 8.96. The van der Waals surface area contributed by atoms with E-state index in [9.17, 15) is 4.79 Å². The maximum atomic E-state index is 12.6. The SMILES string of the molecule is CC(C)Cc1ncc2c(n1)CN(C(=O)Nc1ccc(-c3cscn3)cc1)C2. The zero-order valence-corrected chi connectivity index (χ0v) is 16.2. The van der Waals surface area contributed by atoms with Gasteiger partial charge in [-0.2, -0.15) is 0 Å². The summed E-state index contributed by atoms with van der Waals surface area (Å²) in [4.78, 5) is 27.7. The summed E-state index contributed by atoms with van der Waals surface area (Å²) in [5.74, 6) is 1.36. The van der Waals surface area contributed by atoms with Gasteiger partial charge in [0, 0.05) is 34.8 Å². The third-order valence-electron chi connectivity index (χ3n) is 4.45. The minimum absolute atomic E-state index is 0.125. The summed E-state index contributed by atoms with van der Waals surface area (Å²) in [6.45, 7) is 5.36. The van der Waals surface area contributed by atoms with Crippen LogP contribution in [0.4, 0.5) is 10.5 Å². The van der Waals surface area contributed by atoms with E-state index in [4.69, 9.17) is 0 Å². The van der Waals surface area contributed by atoms with E-state index >= 15 is 0 Å². The number of thiazole rings is 1. The number of carbonyl (C=O) groups excluding carboxylic acids is 1. The Morgan fingerprint density at radius 3 is 2.74 bits per heavy atom. The van der Waals surface area contributed by atoms with E-state index in [0.717, 1.165) is 40.4 Å². The number of urea groups is 1. The predicted molar refractivity (Wildman–Crippen MR) is 106 cm³/mol. The molecule has 4 rings (SSSR count). The molecular weight excluding hydrogens is 358 g/mol. The summed E-state index contributed by atoms with van der Waals surface area (Å²) < 4.78 is 0. The first kappa shape index (κ1) is 17.6. The molecule has 0 aliphatic carbocycles. The molecule has 1 aliphatic heterocycles. The highest BCUT2D eigenvalue weighted by Gasteiger charge is 2.25. The lowest BCUT2D eigenvalue weighted by Gasteiger charge is -2.16. The van der Waals surface area contributed by atoms with Crippen LogP contribution in [-0.2, 0) is 19.5 Å². The normalized spacial score (nSPS) is 13.1. The topological polar surface area (TPSA) is 71.0 Å². The van der Waals surface area contributed by atoms with E-state index in [1.807, 2.05) is 41.4 Å². The molecule has 0 radical (unpaired) electrons. The highest BCUT2D eigenvalue weighted by molar-refractivity contribution is 7.07. The minimum Gasteiger partial charge on any atom is -0.314 e. The third-order valence-corrected chi connectivity index (χ3v) is 5.03. The number of nitrogens with zero attached hydrogens (tertiary/aromatic N) is 4. The van der Waals surface area contributed by atoms with Crippen LogP contribution < -0.4 is 5.32 Å². The van der Waals surface area contributed by atoms with Gasteiger partial charge in [-0.05, 0) is 18.1 Å². The number of rotatable bonds is 4. The number of fused-ring (bicyclic) bond motifs is 1. The van der Waals surface area contributed by atoms with Gasteiger partial charge in [0.1, 0.15) is 5.82 Å². The quantitative estimate of drug-likeness (QED) is 0.732. The maximum Gasteiger partial charge on any atom is 0.322 e. The summed E-state index contributed by atoms with van der Waals surface area (Å²) in [6.07, 6.45) is 2.71. The van der Waals surface area contributed by atoms with Gasteiger partial charge in [-0.25, -0.2) is 19.7 Å². The summed E-state index contributed by atoms with van der Waals surface area (Å²) >= 11 is 1.57. The molecule has 2 amide bonds. The molecule has 1 aliphatic rings. The Morgan fingerprint density at radius 1 is 1.22 bits per heavy atom. The van der Waals surface area contributed by atoms with Gasteiger partial charge in [-0.1, -0.05) is 26.0 Å². The molecule has 6 nitrogen and oxygen atoms in total. The minimum atomic E-state index is -0.125. The first-order chi connectivity index (χ1) is 13.1. The molecule has 0 bridgehead atoms.